The minimum atomic E-state index is -5.08. The van der Waals surface area contributed by atoms with E-state index in [1.54, 1.807) is 30.3 Å². The van der Waals surface area contributed by atoms with Crippen LogP contribution in [0.2, 0.25) is 0 Å². The van der Waals surface area contributed by atoms with Gasteiger partial charge in [-0.3, -0.25) is 13.6 Å². The Morgan fingerprint density at radius 2 is 1.48 bits per heavy atom. The van der Waals surface area contributed by atoms with E-state index in [9.17, 15) is 35.7 Å². The molecule has 6 nitrogen and oxygen atoms in total. The van der Waals surface area contributed by atoms with Crippen LogP contribution in [0.3, 0.4) is 0 Å². The highest BCUT2D eigenvalue weighted by atomic mass is 31.2. The molecule has 29 heavy (non-hydrogen) atoms. The Labute approximate surface area is 163 Å². The van der Waals surface area contributed by atoms with Crippen molar-refractivity contribution in [1.29, 1.82) is 0 Å². The molecule has 0 aliphatic heterocycles. The van der Waals surface area contributed by atoms with Crippen LogP contribution in [-0.2, 0) is 25.0 Å². The quantitative estimate of drug-likeness (QED) is 0.410. The summed E-state index contributed by atoms with van der Waals surface area (Å²) in [6.07, 6.45) is -11.2. The SMILES string of the molecule is CC(C)C(NC(=O)OCc1ccccc1)P(=O)(OCC(F)(F)F)OCC(F)(F)F. The average molecular weight is 451 g/mol. The lowest BCUT2D eigenvalue weighted by molar-refractivity contribution is -0.166. The van der Waals surface area contributed by atoms with Gasteiger partial charge in [0.1, 0.15) is 12.4 Å². The molecule has 0 aromatic heterocycles. The maximum absolute atomic E-state index is 12.7. The third-order valence-corrected chi connectivity index (χ3v) is 5.65. The van der Waals surface area contributed by atoms with Crippen LogP contribution in [0.1, 0.15) is 19.4 Å². The third kappa shape index (κ3) is 10.00. The van der Waals surface area contributed by atoms with Gasteiger partial charge in [-0.2, -0.15) is 26.3 Å². The van der Waals surface area contributed by atoms with Gasteiger partial charge in [0, 0.05) is 0 Å². The molecular weight excluding hydrogens is 431 g/mol. The number of hydrogen-bond acceptors (Lipinski definition) is 5. The van der Waals surface area contributed by atoms with E-state index in [2.05, 4.69) is 9.05 Å². The molecule has 1 rings (SSSR count). The second-order valence-corrected chi connectivity index (χ2v) is 8.36. The summed E-state index contributed by atoms with van der Waals surface area (Å²) in [4.78, 5) is 12.0. The predicted octanol–water partition coefficient (Wildman–Crippen LogP) is 5.25. The van der Waals surface area contributed by atoms with Crippen LogP contribution in [0, 0.1) is 5.92 Å². The Hall–Kier alpha value is -1.78. The average Bonchev–Trinajstić information content (AvgIpc) is 2.60. The zero-order chi connectivity index (χ0) is 22.3. The number of carbonyl (C=O) groups is 1. The predicted molar refractivity (Wildman–Crippen MR) is 90.0 cm³/mol. The van der Waals surface area contributed by atoms with Crippen molar-refractivity contribution in [2.75, 3.05) is 13.2 Å². The fourth-order valence-corrected chi connectivity index (χ4v) is 4.06. The summed E-state index contributed by atoms with van der Waals surface area (Å²) < 4.78 is 101. The second-order valence-electron chi connectivity index (χ2n) is 6.21. The van der Waals surface area contributed by atoms with Gasteiger partial charge in [0.2, 0.25) is 0 Å². The highest BCUT2D eigenvalue weighted by Crippen LogP contribution is 2.56. The first-order chi connectivity index (χ1) is 13.2. The van der Waals surface area contributed by atoms with Gasteiger partial charge < -0.3 is 10.1 Å². The molecule has 13 heteroatoms. The number of halogens is 6. The van der Waals surface area contributed by atoms with E-state index in [0.717, 1.165) is 0 Å². The molecule has 0 saturated heterocycles. The number of benzene rings is 1. The molecule has 0 aliphatic rings. The lowest BCUT2D eigenvalue weighted by Crippen LogP contribution is -2.40. The molecule has 1 unspecified atom stereocenters. The van der Waals surface area contributed by atoms with Gasteiger partial charge in [0.05, 0.1) is 0 Å². The largest absolute Gasteiger partial charge is 0.445 e. The van der Waals surface area contributed by atoms with E-state index in [4.69, 9.17) is 4.74 Å². The van der Waals surface area contributed by atoms with Gasteiger partial charge in [-0.1, -0.05) is 44.2 Å². The summed E-state index contributed by atoms with van der Waals surface area (Å²) >= 11 is 0. The maximum Gasteiger partial charge on any atom is 0.412 e. The normalized spacial score (nSPS) is 14.0. The van der Waals surface area contributed by atoms with E-state index in [0.29, 0.717) is 5.56 Å². The first kappa shape index (κ1) is 25.3. The Balaban J connectivity index is 2.92. The minimum Gasteiger partial charge on any atom is -0.445 e. The van der Waals surface area contributed by atoms with E-state index >= 15 is 0 Å². The lowest BCUT2D eigenvalue weighted by Gasteiger charge is -2.30. The molecule has 0 bridgehead atoms. The van der Waals surface area contributed by atoms with Gasteiger partial charge in [-0.25, -0.2) is 4.79 Å². The molecule has 1 aromatic carbocycles. The molecule has 0 spiro atoms. The molecule has 1 N–H and O–H groups in total. The summed E-state index contributed by atoms with van der Waals surface area (Å²) in [7, 11) is -5.08. The van der Waals surface area contributed by atoms with Crippen LogP contribution in [0.5, 0.6) is 0 Å². The van der Waals surface area contributed by atoms with Crippen LogP contribution >= 0.6 is 7.60 Å². The van der Waals surface area contributed by atoms with Gasteiger partial charge in [-0.05, 0) is 11.5 Å². The standard InChI is InChI=1S/C16H20F6NO5P/c1-11(2)13(23-14(24)26-8-12-6-4-3-5-7-12)29(25,27-9-15(17,18)19)28-10-16(20,21)22/h3-7,11,13H,8-10H2,1-2H3,(H,23,24). The van der Waals surface area contributed by atoms with Gasteiger partial charge in [0.15, 0.2) is 13.2 Å². The van der Waals surface area contributed by atoms with Crippen molar-refractivity contribution in [2.45, 2.75) is 38.6 Å². The highest BCUT2D eigenvalue weighted by Gasteiger charge is 2.45. The molecule has 0 radical (unpaired) electrons. The Bertz CT molecular complexity index is 673. The highest BCUT2D eigenvalue weighted by molar-refractivity contribution is 7.54. The Morgan fingerprint density at radius 1 is 1.00 bits per heavy atom. The summed E-state index contributed by atoms with van der Waals surface area (Å²) in [5.41, 5.74) is 0.577. The van der Waals surface area contributed by atoms with E-state index in [1.807, 2.05) is 5.32 Å². The second kappa shape index (κ2) is 10.3. The van der Waals surface area contributed by atoms with Crippen molar-refractivity contribution < 1.29 is 49.5 Å². The topological polar surface area (TPSA) is 73.9 Å². The molecule has 1 amide bonds. The number of nitrogens with one attached hydrogen (secondary N) is 1. The minimum absolute atomic E-state index is 0.228. The van der Waals surface area contributed by atoms with Gasteiger partial charge in [-0.15, -0.1) is 0 Å². The maximum atomic E-state index is 12.7. The van der Waals surface area contributed by atoms with Crippen LogP contribution in [0.4, 0.5) is 31.1 Å². The van der Waals surface area contributed by atoms with Crippen LogP contribution < -0.4 is 5.32 Å². The first-order valence-electron chi connectivity index (χ1n) is 8.21. The Morgan fingerprint density at radius 3 is 1.90 bits per heavy atom. The van der Waals surface area contributed by atoms with E-state index in [-0.39, 0.29) is 6.61 Å². The molecule has 1 aromatic rings. The van der Waals surface area contributed by atoms with Crippen molar-refractivity contribution >= 4 is 13.7 Å². The molecule has 0 fully saturated rings. The van der Waals surface area contributed by atoms with Crippen molar-refractivity contribution in [2.24, 2.45) is 5.92 Å². The zero-order valence-corrected chi connectivity index (χ0v) is 16.3. The van der Waals surface area contributed by atoms with Crippen LogP contribution in [0.25, 0.3) is 0 Å². The number of carbonyl (C=O) groups excluding carboxylic acids is 1. The summed E-state index contributed by atoms with van der Waals surface area (Å²) in [6.45, 7) is -1.85. The van der Waals surface area contributed by atoms with E-state index < -0.39 is 51.0 Å². The first-order valence-corrected chi connectivity index (χ1v) is 9.82. The van der Waals surface area contributed by atoms with Gasteiger partial charge >= 0.3 is 26.0 Å². The molecule has 1 atom stereocenters. The fourth-order valence-electron chi connectivity index (χ4n) is 2.02. The van der Waals surface area contributed by atoms with E-state index in [1.165, 1.54) is 13.8 Å². The van der Waals surface area contributed by atoms with Crippen molar-refractivity contribution in [3.8, 4) is 0 Å². The number of alkyl halides is 6. The van der Waals surface area contributed by atoms with Gasteiger partial charge in [0.25, 0.3) is 0 Å². The van der Waals surface area contributed by atoms with Crippen molar-refractivity contribution in [3.63, 3.8) is 0 Å². The summed E-state index contributed by atoms with van der Waals surface area (Å²) in [5.74, 6) is -2.72. The summed E-state index contributed by atoms with van der Waals surface area (Å²) in [6, 6.07) is 8.29. The molecular formula is C16H20F6NO5P. The van der Waals surface area contributed by atoms with Crippen LogP contribution in [0.15, 0.2) is 30.3 Å². The van der Waals surface area contributed by atoms with Crippen molar-refractivity contribution in [1.82, 2.24) is 5.32 Å². The van der Waals surface area contributed by atoms with Crippen LogP contribution in [-0.4, -0.2) is 37.4 Å². The Kier molecular flexibility index (Phi) is 8.98. The molecule has 0 saturated carbocycles. The lowest BCUT2D eigenvalue weighted by atomic mass is 10.2. The summed E-state index contributed by atoms with van der Waals surface area (Å²) in [5, 5.41) is 1.99. The molecule has 166 valence electrons. The number of amides is 1. The smallest absolute Gasteiger partial charge is 0.412 e. The number of rotatable bonds is 9. The third-order valence-electron chi connectivity index (χ3n) is 3.27. The zero-order valence-electron chi connectivity index (χ0n) is 15.4. The molecule has 0 aliphatic carbocycles. The monoisotopic (exact) mass is 451 g/mol. The van der Waals surface area contributed by atoms with Crippen molar-refractivity contribution in [3.05, 3.63) is 35.9 Å². The number of hydrogen-bond donors (Lipinski definition) is 1. The number of ether oxygens (including phenoxy) is 1. The fraction of sp³-hybridized carbons (Fsp3) is 0.562. The number of alkyl carbamates (subject to hydrolysis) is 1. The molecule has 0 heterocycles.